The second-order valence-electron chi connectivity index (χ2n) is 5.88. The fourth-order valence-electron chi connectivity index (χ4n) is 1.95. The van der Waals surface area contributed by atoms with Gasteiger partial charge in [-0.05, 0) is 27.7 Å². The molecule has 0 saturated carbocycles. The first-order chi connectivity index (χ1) is 10.8. The molecule has 3 aromatic rings. The van der Waals surface area contributed by atoms with Gasteiger partial charge in [-0.2, -0.15) is 0 Å². The highest BCUT2D eigenvalue weighted by atomic mass is 32.2. The molecule has 0 fully saturated rings. The summed E-state index contributed by atoms with van der Waals surface area (Å²) in [6.45, 7) is 8.30. The van der Waals surface area contributed by atoms with E-state index in [2.05, 4.69) is 46.0 Å². The Bertz CT molecular complexity index is 812. The fraction of sp³-hybridized carbons (Fsp3) is 0.462. The quantitative estimate of drug-likeness (QED) is 0.707. The summed E-state index contributed by atoms with van der Waals surface area (Å²) < 4.78 is 2.78. The number of nitrogen functional groups attached to an aromatic ring is 1. The normalized spacial score (nSPS) is 12.0. The molecule has 3 rings (SSSR count). The first-order valence-electron chi connectivity index (χ1n) is 6.93. The van der Waals surface area contributed by atoms with E-state index in [-0.39, 0.29) is 5.54 Å². The van der Waals surface area contributed by atoms with Gasteiger partial charge in [-0.25, -0.2) is 14.6 Å². The first-order valence-corrected chi connectivity index (χ1v) is 9.62. The minimum absolute atomic E-state index is 0.160. The second kappa shape index (κ2) is 6.17. The van der Waals surface area contributed by atoms with Crippen molar-refractivity contribution in [2.24, 2.45) is 0 Å². The Labute approximate surface area is 146 Å². The van der Waals surface area contributed by atoms with Gasteiger partial charge in [-0.1, -0.05) is 23.1 Å². The van der Waals surface area contributed by atoms with Gasteiger partial charge in [0.25, 0.3) is 0 Å². The van der Waals surface area contributed by atoms with Gasteiger partial charge in [-0.3, -0.25) is 0 Å². The van der Waals surface area contributed by atoms with E-state index in [1.54, 1.807) is 23.1 Å². The lowest BCUT2D eigenvalue weighted by atomic mass is 10.1. The summed E-state index contributed by atoms with van der Waals surface area (Å²) in [6.07, 6.45) is 0. The Morgan fingerprint density at radius 2 is 2.04 bits per heavy atom. The average Bonchev–Trinajstić information content (AvgIpc) is 3.14. The van der Waals surface area contributed by atoms with Gasteiger partial charge in [0.05, 0.1) is 16.3 Å². The maximum Gasteiger partial charge on any atom is 0.203 e. The van der Waals surface area contributed by atoms with Gasteiger partial charge in [0.2, 0.25) is 11.0 Å². The van der Waals surface area contributed by atoms with E-state index in [1.807, 2.05) is 17.0 Å². The van der Waals surface area contributed by atoms with Crippen LogP contribution in [-0.4, -0.2) is 29.9 Å². The van der Waals surface area contributed by atoms with Gasteiger partial charge in [0, 0.05) is 5.38 Å². The predicted molar refractivity (Wildman–Crippen MR) is 94.7 cm³/mol. The van der Waals surface area contributed by atoms with Crippen LogP contribution in [0.3, 0.4) is 0 Å². The average molecular weight is 368 g/mol. The largest absolute Gasteiger partial charge is 0.374 e. The van der Waals surface area contributed by atoms with Crippen LogP contribution in [0.15, 0.2) is 9.72 Å². The van der Waals surface area contributed by atoms with Gasteiger partial charge in [0.15, 0.2) is 4.34 Å². The van der Waals surface area contributed by atoms with E-state index < -0.39 is 0 Å². The molecule has 0 unspecified atom stereocenters. The predicted octanol–water partition coefficient (Wildman–Crippen LogP) is 3.19. The van der Waals surface area contributed by atoms with Crippen molar-refractivity contribution in [1.29, 1.82) is 0 Å². The van der Waals surface area contributed by atoms with Crippen LogP contribution in [0, 0.1) is 6.92 Å². The Kier molecular flexibility index (Phi) is 4.39. The molecule has 0 saturated heterocycles. The monoisotopic (exact) mass is 367 g/mol. The number of hydrogen-bond acceptors (Lipinski definition) is 9. The summed E-state index contributed by atoms with van der Waals surface area (Å²) in [7, 11) is 0. The molecule has 2 N–H and O–H groups in total. The molecule has 122 valence electrons. The molecule has 0 atom stereocenters. The van der Waals surface area contributed by atoms with Crippen LogP contribution in [0.4, 0.5) is 5.13 Å². The standard InChI is InChI=1S/C13H17N7S3/c1-7-15-8(5-21-7)10-16-9(20(19-10)13(2,3)4)6-22-12-18-17-11(14)23-12/h5H,6H2,1-4H3,(H2,14,17). The van der Waals surface area contributed by atoms with Gasteiger partial charge < -0.3 is 5.73 Å². The van der Waals surface area contributed by atoms with Crippen LogP contribution in [0.5, 0.6) is 0 Å². The van der Waals surface area contributed by atoms with Crippen molar-refractivity contribution in [3.8, 4) is 11.5 Å². The van der Waals surface area contributed by atoms with Crippen LogP contribution in [0.2, 0.25) is 0 Å². The lowest BCUT2D eigenvalue weighted by Gasteiger charge is -2.20. The number of rotatable bonds is 4. The summed E-state index contributed by atoms with van der Waals surface area (Å²) >= 11 is 4.54. The van der Waals surface area contributed by atoms with E-state index >= 15 is 0 Å². The zero-order chi connectivity index (χ0) is 16.6. The Balaban J connectivity index is 1.89. The Morgan fingerprint density at radius 3 is 2.61 bits per heavy atom. The van der Waals surface area contributed by atoms with Crippen LogP contribution in [0.1, 0.15) is 31.6 Å². The lowest BCUT2D eigenvalue weighted by molar-refractivity contribution is 0.346. The van der Waals surface area contributed by atoms with Gasteiger partial charge in [-0.15, -0.1) is 26.6 Å². The van der Waals surface area contributed by atoms with Crippen LogP contribution >= 0.6 is 34.4 Å². The number of anilines is 1. The zero-order valence-electron chi connectivity index (χ0n) is 13.3. The molecule has 0 aromatic carbocycles. The number of aromatic nitrogens is 6. The second-order valence-corrected chi connectivity index (χ2v) is 9.17. The van der Waals surface area contributed by atoms with E-state index in [4.69, 9.17) is 5.73 Å². The van der Waals surface area contributed by atoms with E-state index in [1.165, 1.54) is 11.3 Å². The maximum absolute atomic E-state index is 5.62. The third-order valence-corrected chi connectivity index (χ3v) is 5.56. The molecule has 7 nitrogen and oxygen atoms in total. The molecule has 23 heavy (non-hydrogen) atoms. The van der Waals surface area contributed by atoms with Crippen molar-refractivity contribution in [2.45, 2.75) is 43.3 Å². The molecular weight excluding hydrogens is 350 g/mol. The number of aryl methyl sites for hydroxylation is 1. The summed E-state index contributed by atoms with van der Waals surface area (Å²) in [5.74, 6) is 2.20. The molecule has 0 spiro atoms. The summed E-state index contributed by atoms with van der Waals surface area (Å²) in [6, 6.07) is 0. The highest BCUT2D eigenvalue weighted by molar-refractivity contribution is 8.00. The van der Waals surface area contributed by atoms with Crippen LogP contribution in [-0.2, 0) is 11.3 Å². The van der Waals surface area contributed by atoms with Crippen molar-refractivity contribution in [2.75, 3.05) is 5.73 Å². The van der Waals surface area contributed by atoms with Gasteiger partial charge in [0.1, 0.15) is 11.5 Å². The molecule has 10 heteroatoms. The minimum atomic E-state index is -0.160. The van der Waals surface area contributed by atoms with Crippen molar-refractivity contribution < 1.29 is 0 Å². The topological polar surface area (TPSA) is 95.4 Å². The number of nitrogens with two attached hydrogens (primary N) is 1. The molecular formula is C13H17N7S3. The zero-order valence-corrected chi connectivity index (χ0v) is 15.7. The third-order valence-electron chi connectivity index (χ3n) is 2.90. The molecule has 0 radical (unpaired) electrons. The minimum Gasteiger partial charge on any atom is -0.374 e. The lowest BCUT2D eigenvalue weighted by Crippen LogP contribution is -2.25. The van der Waals surface area contributed by atoms with E-state index in [0.717, 1.165) is 20.9 Å². The summed E-state index contributed by atoms with van der Waals surface area (Å²) in [5.41, 5.74) is 6.28. The highest BCUT2D eigenvalue weighted by Crippen LogP contribution is 2.29. The molecule has 0 amide bonds. The Hall–Kier alpha value is -1.52. The van der Waals surface area contributed by atoms with Crippen molar-refractivity contribution in [3.05, 3.63) is 16.2 Å². The number of thiazole rings is 1. The molecule has 0 aliphatic rings. The molecule has 0 aliphatic carbocycles. The number of hydrogen-bond donors (Lipinski definition) is 1. The van der Waals surface area contributed by atoms with Crippen LogP contribution < -0.4 is 5.73 Å². The first kappa shape index (κ1) is 16.3. The number of nitrogens with zero attached hydrogens (tertiary/aromatic N) is 6. The summed E-state index contributed by atoms with van der Waals surface area (Å²) in [5, 5.41) is 16.0. The van der Waals surface area contributed by atoms with Crippen LogP contribution in [0.25, 0.3) is 11.5 Å². The molecule has 0 bridgehead atoms. The smallest absolute Gasteiger partial charge is 0.203 e. The van der Waals surface area contributed by atoms with E-state index in [9.17, 15) is 0 Å². The van der Waals surface area contributed by atoms with E-state index in [0.29, 0.717) is 16.7 Å². The highest BCUT2D eigenvalue weighted by Gasteiger charge is 2.22. The maximum atomic E-state index is 5.62. The van der Waals surface area contributed by atoms with Gasteiger partial charge >= 0.3 is 0 Å². The van der Waals surface area contributed by atoms with Crippen molar-refractivity contribution in [1.82, 2.24) is 29.9 Å². The Morgan fingerprint density at radius 1 is 1.26 bits per heavy atom. The SMILES string of the molecule is Cc1nc(-c2nc(CSc3nnc(N)s3)n(C(C)(C)C)n2)cs1. The fourth-order valence-corrected chi connectivity index (χ4v) is 4.09. The molecule has 3 aromatic heterocycles. The van der Waals surface area contributed by atoms with Crippen molar-refractivity contribution >= 4 is 39.6 Å². The third kappa shape index (κ3) is 3.70. The van der Waals surface area contributed by atoms with Crippen molar-refractivity contribution in [3.63, 3.8) is 0 Å². The molecule has 0 aliphatic heterocycles. The number of thioether (sulfide) groups is 1. The molecule has 3 heterocycles. The summed E-state index contributed by atoms with van der Waals surface area (Å²) in [4.78, 5) is 9.16.